The van der Waals surface area contributed by atoms with E-state index >= 15 is 0 Å². The van der Waals surface area contributed by atoms with E-state index in [1.165, 1.54) is 12.8 Å². The third-order valence-electron chi connectivity index (χ3n) is 2.74. The fourth-order valence-corrected chi connectivity index (χ4v) is 1.94. The fraction of sp³-hybridized carbons (Fsp3) is 0.714. The van der Waals surface area contributed by atoms with Gasteiger partial charge in [0.25, 0.3) is 0 Å². The molecule has 18 heavy (non-hydrogen) atoms. The van der Waals surface area contributed by atoms with Crippen LogP contribution in [0.3, 0.4) is 0 Å². The molecule has 1 N–H and O–H groups in total. The van der Waals surface area contributed by atoms with E-state index in [2.05, 4.69) is 36.1 Å². The van der Waals surface area contributed by atoms with Crippen LogP contribution < -0.4 is 10.1 Å². The van der Waals surface area contributed by atoms with E-state index in [0.29, 0.717) is 18.5 Å². The van der Waals surface area contributed by atoms with Crippen molar-refractivity contribution in [2.75, 3.05) is 13.2 Å². The quantitative estimate of drug-likeness (QED) is 0.733. The molecule has 1 rings (SSSR count). The van der Waals surface area contributed by atoms with Crippen molar-refractivity contribution in [1.82, 2.24) is 15.3 Å². The number of nitrogens with zero attached hydrogens (tertiary/aromatic N) is 2. The summed E-state index contributed by atoms with van der Waals surface area (Å²) < 4.78 is 5.53. The number of likely N-dealkylation sites (N-methyl/N-ethyl adjacent to an activating group) is 1. The SMILES string of the molecule is CCCOc1cc(CC(CCC)NCC)ncn1. The lowest BCUT2D eigenvalue weighted by atomic mass is 10.1. The lowest BCUT2D eigenvalue weighted by molar-refractivity contribution is 0.304. The summed E-state index contributed by atoms with van der Waals surface area (Å²) in [5.41, 5.74) is 1.05. The molecule has 0 saturated carbocycles. The molecule has 1 aromatic heterocycles. The average Bonchev–Trinajstić information content (AvgIpc) is 2.37. The highest BCUT2D eigenvalue weighted by Crippen LogP contribution is 2.11. The van der Waals surface area contributed by atoms with Crippen LogP contribution in [0, 0.1) is 0 Å². The molecule has 0 bridgehead atoms. The Labute approximate surface area is 110 Å². The summed E-state index contributed by atoms with van der Waals surface area (Å²) in [7, 11) is 0. The molecule has 0 aliphatic carbocycles. The molecule has 4 nitrogen and oxygen atoms in total. The van der Waals surface area contributed by atoms with Crippen LogP contribution in [0.1, 0.15) is 45.7 Å². The second-order valence-electron chi connectivity index (χ2n) is 4.44. The minimum atomic E-state index is 0.494. The highest BCUT2D eigenvalue weighted by molar-refractivity contribution is 5.14. The summed E-state index contributed by atoms with van der Waals surface area (Å²) in [6, 6.07) is 2.45. The second kappa shape index (κ2) is 8.86. The van der Waals surface area contributed by atoms with Gasteiger partial charge in [0.15, 0.2) is 0 Å². The molecule has 0 saturated heterocycles. The van der Waals surface area contributed by atoms with Gasteiger partial charge in [0.2, 0.25) is 5.88 Å². The molecule has 0 spiro atoms. The summed E-state index contributed by atoms with van der Waals surface area (Å²) in [5, 5.41) is 3.49. The maximum Gasteiger partial charge on any atom is 0.216 e. The fourth-order valence-electron chi connectivity index (χ4n) is 1.94. The molecule has 0 aromatic carbocycles. The van der Waals surface area contributed by atoms with E-state index in [-0.39, 0.29) is 0 Å². The van der Waals surface area contributed by atoms with Crippen molar-refractivity contribution in [2.24, 2.45) is 0 Å². The van der Waals surface area contributed by atoms with E-state index in [9.17, 15) is 0 Å². The zero-order chi connectivity index (χ0) is 13.2. The first-order chi connectivity index (χ1) is 8.80. The Bertz CT molecular complexity index is 325. The van der Waals surface area contributed by atoms with Crippen LogP contribution in [0.25, 0.3) is 0 Å². The number of hydrogen-bond acceptors (Lipinski definition) is 4. The number of aromatic nitrogens is 2. The first kappa shape index (κ1) is 14.9. The van der Waals surface area contributed by atoms with Gasteiger partial charge in [-0.2, -0.15) is 0 Å². The maximum atomic E-state index is 5.53. The molecule has 1 atom stereocenters. The number of ether oxygens (including phenoxy) is 1. The van der Waals surface area contributed by atoms with Crippen molar-refractivity contribution in [2.45, 2.75) is 52.5 Å². The molecule has 1 aromatic rings. The van der Waals surface area contributed by atoms with Gasteiger partial charge < -0.3 is 10.1 Å². The molecule has 4 heteroatoms. The van der Waals surface area contributed by atoms with E-state index in [1.54, 1.807) is 6.33 Å². The summed E-state index contributed by atoms with van der Waals surface area (Å²) in [4.78, 5) is 8.44. The van der Waals surface area contributed by atoms with Crippen LogP contribution in [-0.4, -0.2) is 29.2 Å². The third kappa shape index (κ3) is 5.45. The van der Waals surface area contributed by atoms with Gasteiger partial charge >= 0.3 is 0 Å². The van der Waals surface area contributed by atoms with Gasteiger partial charge in [0.1, 0.15) is 6.33 Å². The topological polar surface area (TPSA) is 47.0 Å². The van der Waals surface area contributed by atoms with E-state index in [4.69, 9.17) is 4.74 Å². The van der Waals surface area contributed by atoms with Crippen LogP contribution in [0.4, 0.5) is 0 Å². The largest absolute Gasteiger partial charge is 0.478 e. The summed E-state index contributed by atoms with van der Waals surface area (Å²) >= 11 is 0. The van der Waals surface area contributed by atoms with Gasteiger partial charge in [-0.15, -0.1) is 0 Å². The Morgan fingerprint density at radius 1 is 1.22 bits per heavy atom. The predicted molar refractivity (Wildman–Crippen MR) is 73.9 cm³/mol. The molecular weight excluding hydrogens is 226 g/mol. The number of hydrogen-bond donors (Lipinski definition) is 1. The standard InChI is InChI=1S/C14H25N3O/c1-4-7-12(15-6-3)9-13-10-14(17-11-16-13)18-8-5-2/h10-12,15H,4-9H2,1-3H3. The highest BCUT2D eigenvalue weighted by atomic mass is 16.5. The Morgan fingerprint density at radius 3 is 2.72 bits per heavy atom. The van der Waals surface area contributed by atoms with Gasteiger partial charge in [0, 0.05) is 24.2 Å². The molecule has 0 radical (unpaired) electrons. The molecule has 0 aliphatic heterocycles. The minimum absolute atomic E-state index is 0.494. The van der Waals surface area contributed by atoms with Crippen molar-refractivity contribution in [3.8, 4) is 5.88 Å². The lowest BCUT2D eigenvalue weighted by Crippen LogP contribution is -2.31. The van der Waals surface area contributed by atoms with Crippen LogP contribution in [0.2, 0.25) is 0 Å². The van der Waals surface area contributed by atoms with Crippen LogP contribution in [0.5, 0.6) is 5.88 Å². The first-order valence-electron chi connectivity index (χ1n) is 6.97. The average molecular weight is 251 g/mol. The van der Waals surface area contributed by atoms with Gasteiger partial charge in [-0.05, 0) is 19.4 Å². The van der Waals surface area contributed by atoms with Gasteiger partial charge in [0.05, 0.1) is 6.61 Å². The normalized spacial score (nSPS) is 12.4. The van der Waals surface area contributed by atoms with Gasteiger partial charge in [-0.25, -0.2) is 9.97 Å². The number of nitrogens with one attached hydrogen (secondary N) is 1. The van der Waals surface area contributed by atoms with E-state index in [0.717, 1.165) is 25.1 Å². The zero-order valence-electron chi connectivity index (χ0n) is 11.8. The third-order valence-corrected chi connectivity index (χ3v) is 2.74. The Kier molecular flexibility index (Phi) is 7.34. The Balaban J connectivity index is 2.58. The molecule has 0 aliphatic rings. The first-order valence-corrected chi connectivity index (χ1v) is 6.97. The molecule has 1 heterocycles. The molecular formula is C14H25N3O. The Morgan fingerprint density at radius 2 is 2.06 bits per heavy atom. The molecule has 1 unspecified atom stereocenters. The Hall–Kier alpha value is -1.16. The van der Waals surface area contributed by atoms with Crippen molar-refractivity contribution >= 4 is 0 Å². The smallest absolute Gasteiger partial charge is 0.216 e. The van der Waals surface area contributed by atoms with Crippen molar-refractivity contribution in [3.63, 3.8) is 0 Å². The van der Waals surface area contributed by atoms with Crippen molar-refractivity contribution in [3.05, 3.63) is 18.1 Å². The van der Waals surface area contributed by atoms with E-state index in [1.807, 2.05) is 6.07 Å². The monoisotopic (exact) mass is 251 g/mol. The molecule has 0 fully saturated rings. The number of rotatable bonds is 9. The summed E-state index contributed by atoms with van der Waals surface area (Å²) in [6.07, 6.45) is 5.88. The van der Waals surface area contributed by atoms with Crippen LogP contribution in [-0.2, 0) is 6.42 Å². The minimum Gasteiger partial charge on any atom is -0.478 e. The summed E-state index contributed by atoms with van der Waals surface area (Å²) in [6.45, 7) is 8.14. The van der Waals surface area contributed by atoms with Gasteiger partial charge in [-0.3, -0.25) is 0 Å². The maximum absolute atomic E-state index is 5.53. The van der Waals surface area contributed by atoms with Crippen LogP contribution >= 0.6 is 0 Å². The second-order valence-corrected chi connectivity index (χ2v) is 4.44. The highest BCUT2D eigenvalue weighted by Gasteiger charge is 2.09. The molecule has 102 valence electrons. The van der Waals surface area contributed by atoms with Crippen LogP contribution in [0.15, 0.2) is 12.4 Å². The van der Waals surface area contributed by atoms with E-state index < -0.39 is 0 Å². The van der Waals surface area contributed by atoms with Crippen molar-refractivity contribution in [1.29, 1.82) is 0 Å². The summed E-state index contributed by atoms with van der Waals surface area (Å²) in [5.74, 6) is 0.689. The predicted octanol–water partition coefficient (Wildman–Crippen LogP) is 2.59. The van der Waals surface area contributed by atoms with Crippen molar-refractivity contribution < 1.29 is 4.74 Å². The molecule has 0 amide bonds. The van der Waals surface area contributed by atoms with Gasteiger partial charge in [-0.1, -0.05) is 27.2 Å². The lowest BCUT2D eigenvalue weighted by Gasteiger charge is -2.16. The zero-order valence-corrected chi connectivity index (χ0v) is 11.8.